The van der Waals surface area contributed by atoms with E-state index >= 15 is 0 Å². The highest BCUT2D eigenvalue weighted by atomic mass is 15.3. The van der Waals surface area contributed by atoms with Crippen LogP contribution in [0.25, 0.3) is 33.8 Å². The lowest BCUT2D eigenvalue weighted by Crippen LogP contribution is -2.04. The van der Waals surface area contributed by atoms with Gasteiger partial charge in [-0.15, -0.1) is 0 Å². The number of fused-ring (bicyclic) bond motifs is 1. The van der Waals surface area contributed by atoms with Gasteiger partial charge in [0.15, 0.2) is 5.82 Å². The van der Waals surface area contributed by atoms with Crippen molar-refractivity contribution in [3.63, 3.8) is 0 Å². The van der Waals surface area contributed by atoms with Gasteiger partial charge < -0.3 is 0 Å². The second kappa shape index (κ2) is 6.71. The van der Waals surface area contributed by atoms with Crippen molar-refractivity contribution in [2.75, 3.05) is 0 Å². The molecular formula is C24H21N5. The number of imidazole rings is 1. The third kappa shape index (κ3) is 2.83. The van der Waals surface area contributed by atoms with E-state index in [1.807, 2.05) is 29.8 Å². The van der Waals surface area contributed by atoms with Crippen molar-refractivity contribution < 1.29 is 0 Å². The summed E-state index contributed by atoms with van der Waals surface area (Å²) in [6.45, 7) is 6.23. The molecule has 5 nitrogen and oxygen atoms in total. The fourth-order valence-electron chi connectivity index (χ4n) is 3.98. The number of hydrogen-bond donors (Lipinski definition) is 0. The molecular weight excluding hydrogens is 358 g/mol. The molecule has 0 spiro atoms. The molecule has 0 saturated carbocycles. The lowest BCUT2D eigenvalue weighted by atomic mass is 10.1. The average Bonchev–Trinajstić information content (AvgIpc) is 3.32. The van der Waals surface area contributed by atoms with Crippen molar-refractivity contribution in [2.24, 2.45) is 0 Å². The number of nitrogens with zero attached hydrogens (tertiary/aromatic N) is 5. The van der Waals surface area contributed by atoms with Gasteiger partial charge in [0.25, 0.3) is 0 Å². The summed E-state index contributed by atoms with van der Waals surface area (Å²) in [7, 11) is 0. The molecule has 2 heterocycles. The van der Waals surface area contributed by atoms with E-state index in [9.17, 15) is 0 Å². The summed E-state index contributed by atoms with van der Waals surface area (Å²) in [6.07, 6.45) is 1.61. The second-order valence-electron chi connectivity index (χ2n) is 7.27. The highest BCUT2D eigenvalue weighted by molar-refractivity contribution is 5.83. The minimum absolute atomic E-state index is 0.816. The predicted octanol–water partition coefficient (Wildman–Crippen LogP) is 5.20. The SMILES string of the molecule is Cc1cccc(C)c1-n1ncnc1-c1ccc2c(c1)nc(C)n2-c1ccccc1. The largest absolute Gasteiger partial charge is 0.297 e. The van der Waals surface area contributed by atoms with Gasteiger partial charge in [-0.3, -0.25) is 4.57 Å². The average molecular weight is 379 g/mol. The molecule has 0 radical (unpaired) electrons. The number of hydrogen-bond acceptors (Lipinski definition) is 3. The Balaban J connectivity index is 1.67. The van der Waals surface area contributed by atoms with Crippen LogP contribution in [0.2, 0.25) is 0 Å². The highest BCUT2D eigenvalue weighted by Crippen LogP contribution is 2.28. The highest BCUT2D eigenvalue weighted by Gasteiger charge is 2.16. The second-order valence-corrected chi connectivity index (χ2v) is 7.27. The summed E-state index contributed by atoms with van der Waals surface area (Å²) in [5.74, 6) is 1.77. The molecule has 0 fully saturated rings. The van der Waals surface area contributed by atoms with Crippen LogP contribution in [0.3, 0.4) is 0 Å². The molecule has 5 heteroatoms. The monoisotopic (exact) mass is 379 g/mol. The van der Waals surface area contributed by atoms with Crippen LogP contribution in [0.4, 0.5) is 0 Å². The lowest BCUT2D eigenvalue weighted by molar-refractivity contribution is 0.871. The van der Waals surface area contributed by atoms with Crippen molar-refractivity contribution in [3.05, 3.63) is 90.0 Å². The number of aromatic nitrogens is 5. The molecule has 0 bridgehead atoms. The van der Waals surface area contributed by atoms with Crippen molar-refractivity contribution in [3.8, 4) is 22.8 Å². The topological polar surface area (TPSA) is 48.5 Å². The maximum atomic E-state index is 4.80. The fraction of sp³-hybridized carbons (Fsp3) is 0.125. The van der Waals surface area contributed by atoms with Crippen LogP contribution >= 0.6 is 0 Å². The quantitative estimate of drug-likeness (QED) is 0.433. The zero-order valence-electron chi connectivity index (χ0n) is 16.7. The Kier molecular flexibility index (Phi) is 4.02. The summed E-state index contributed by atoms with van der Waals surface area (Å²) in [4.78, 5) is 9.36. The predicted molar refractivity (Wildman–Crippen MR) is 116 cm³/mol. The first-order valence-electron chi connectivity index (χ1n) is 9.65. The van der Waals surface area contributed by atoms with E-state index in [-0.39, 0.29) is 0 Å². The molecule has 0 atom stereocenters. The summed E-state index contributed by atoms with van der Waals surface area (Å²) >= 11 is 0. The van der Waals surface area contributed by atoms with Crippen LogP contribution in [0.5, 0.6) is 0 Å². The Bertz CT molecular complexity index is 1310. The van der Waals surface area contributed by atoms with Crippen LogP contribution in [0.1, 0.15) is 17.0 Å². The molecule has 0 unspecified atom stereocenters. The minimum Gasteiger partial charge on any atom is -0.297 e. The normalized spacial score (nSPS) is 11.3. The van der Waals surface area contributed by atoms with E-state index < -0.39 is 0 Å². The summed E-state index contributed by atoms with van der Waals surface area (Å²) in [5.41, 5.74) is 7.54. The van der Waals surface area contributed by atoms with Crippen LogP contribution in [0, 0.1) is 20.8 Å². The minimum atomic E-state index is 0.816. The van der Waals surface area contributed by atoms with E-state index in [0.29, 0.717) is 0 Å². The molecule has 2 aromatic heterocycles. The van der Waals surface area contributed by atoms with Crippen molar-refractivity contribution in [1.82, 2.24) is 24.3 Å². The molecule has 0 N–H and O–H groups in total. The maximum absolute atomic E-state index is 4.80. The molecule has 0 saturated heterocycles. The van der Waals surface area contributed by atoms with Gasteiger partial charge in [0.2, 0.25) is 0 Å². The van der Waals surface area contributed by atoms with Gasteiger partial charge in [0.1, 0.15) is 12.2 Å². The molecule has 5 rings (SSSR count). The van der Waals surface area contributed by atoms with Gasteiger partial charge in [0, 0.05) is 11.3 Å². The molecule has 3 aromatic carbocycles. The van der Waals surface area contributed by atoms with Crippen molar-refractivity contribution in [2.45, 2.75) is 20.8 Å². The first-order chi connectivity index (χ1) is 14.1. The smallest absolute Gasteiger partial charge is 0.163 e. The first kappa shape index (κ1) is 17.4. The molecule has 0 amide bonds. The van der Waals surface area contributed by atoms with Crippen LogP contribution in [0.15, 0.2) is 73.1 Å². The number of rotatable bonds is 3. The van der Waals surface area contributed by atoms with E-state index in [4.69, 9.17) is 4.98 Å². The van der Waals surface area contributed by atoms with E-state index in [1.54, 1.807) is 6.33 Å². The van der Waals surface area contributed by atoms with E-state index in [2.05, 4.69) is 77.0 Å². The molecule has 29 heavy (non-hydrogen) atoms. The standard InChI is InChI=1S/C24H21N5/c1-16-8-7-9-17(2)23(16)29-24(25-15-26-29)19-12-13-22-21(14-19)27-18(3)28(22)20-10-5-4-6-11-20/h4-15H,1-3H3. The molecule has 5 aromatic rings. The van der Waals surface area contributed by atoms with Crippen LogP contribution < -0.4 is 0 Å². The maximum Gasteiger partial charge on any atom is 0.163 e. The van der Waals surface area contributed by atoms with Gasteiger partial charge in [0.05, 0.1) is 16.7 Å². The van der Waals surface area contributed by atoms with Gasteiger partial charge in [-0.2, -0.15) is 5.10 Å². The third-order valence-electron chi connectivity index (χ3n) is 5.29. The number of benzene rings is 3. The first-order valence-corrected chi connectivity index (χ1v) is 9.65. The fourth-order valence-corrected chi connectivity index (χ4v) is 3.98. The van der Waals surface area contributed by atoms with Crippen molar-refractivity contribution in [1.29, 1.82) is 0 Å². The number of aryl methyl sites for hydroxylation is 3. The summed E-state index contributed by atoms with van der Waals surface area (Å²) in [6, 6.07) is 22.9. The van der Waals surface area contributed by atoms with Crippen molar-refractivity contribution >= 4 is 11.0 Å². The van der Waals surface area contributed by atoms with E-state index in [1.165, 1.54) is 11.1 Å². The molecule has 0 aliphatic heterocycles. The molecule has 0 aliphatic rings. The molecule has 0 aliphatic carbocycles. The van der Waals surface area contributed by atoms with Gasteiger partial charge in [-0.25, -0.2) is 14.6 Å². The Labute approximate surface area is 169 Å². The zero-order chi connectivity index (χ0) is 20.0. The Morgan fingerprint density at radius 2 is 1.55 bits per heavy atom. The third-order valence-corrected chi connectivity index (χ3v) is 5.29. The van der Waals surface area contributed by atoms with E-state index in [0.717, 1.165) is 39.6 Å². The summed E-state index contributed by atoms with van der Waals surface area (Å²) in [5, 5.41) is 4.51. The Morgan fingerprint density at radius 1 is 0.793 bits per heavy atom. The zero-order valence-corrected chi connectivity index (χ0v) is 16.7. The number of para-hydroxylation sites is 2. The molecule has 142 valence electrons. The Morgan fingerprint density at radius 3 is 2.31 bits per heavy atom. The lowest BCUT2D eigenvalue weighted by Gasteiger charge is -2.12. The van der Waals surface area contributed by atoms with Gasteiger partial charge in [-0.1, -0.05) is 36.4 Å². The van der Waals surface area contributed by atoms with Crippen LogP contribution in [-0.4, -0.2) is 24.3 Å². The van der Waals surface area contributed by atoms with Gasteiger partial charge in [-0.05, 0) is 62.2 Å². The summed E-state index contributed by atoms with van der Waals surface area (Å²) < 4.78 is 4.10. The Hall–Kier alpha value is -3.73. The van der Waals surface area contributed by atoms with Gasteiger partial charge >= 0.3 is 0 Å². The van der Waals surface area contributed by atoms with Crippen LogP contribution in [-0.2, 0) is 0 Å².